The summed E-state index contributed by atoms with van der Waals surface area (Å²) < 4.78 is 0. The number of hydrogen-bond donors (Lipinski definition) is 1. The molecule has 3 aliphatic rings. The molecular formula is C24H37N5O2. The third kappa shape index (κ3) is 5.57. The van der Waals surface area contributed by atoms with Crippen LogP contribution in [-0.2, 0) is 4.79 Å². The Balaban J connectivity index is 1.20. The first-order chi connectivity index (χ1) is 15.0. The van der Waals surface area contributed by atoms with Gasteiger partial charge in [0, 0.05) is 75.7 Å². The van der Waals surface area contributed by atoms with Crippen LogP contribution in [-0.4, -0.2) is 97.5 Å². The largest absolute Gasteiger partial charge is 0.369 e. The van der Waals surface area contributed by atoms with Crippen LogP contribution in [0.15, 0.2) is 24.3 Å². The summed E-state index contributed by atoms with van der Waals surface area (Å²) in [6.45, 7) is 11.9. The molecule has 2 heterocycles. The molecule has 1 saturated carbocycles. The highest BCUT2D eigenvalue weighted by molar-refractivity contribution is 5.94. The molecule has 0 spiro atoms. The fraction of sp³-hybridized carbons (Fsp3) is 0.667. The minimum atomic E-state index is -0.0293. The van der Waals surface area contributed by atoms with Crippen LogP contribution in [0.2, 0.25) is 0 Å². The van der Waals surface area contributed by atoms with E-state index in [0.29, 0.717) is 12.1 Å². The molecule has 2 aliphatic heterocycles. The lowest BCUT2D eigenvalue weighted by atomic mass is 9.91. The molecule has 0 bridgehead atoms. The van der Waals surface area contributed by atoms with Crippen LogP contribution in [0.25, 0.3) is 0 Å². The Morgan fingerprint density at radius 3 is 2.13 bits per heavy atom. The Bertz CT molecular complexity index is 746. The summed E-state index contributed by atoms with van der Waals surface area (Å²) in [5.74, 6) is 0.251. The van der Waals surface area contributed by atoms with Crippen LogP contribution in [0, 0.1) is 0 Å². The fourth-order valence-electron chi connectivity index (χ4n) is 4.71. The molecule has 0 atom stereocenters. The van der Waals surface area contributed by atoms with Gasteiger partial charge >= 0.3 is 0 Å². The van der Waals surface area contributed by atoms with Crippen molar-refractivity contribution < 1.29 is 9.59 Å². The van der Waals surface area contributed by atoms with Crippen molar-refractivity contribution in [2.45, 2.75) is 45.2 Å². The van der Waals surface area contributed by atoms with Crippen LogP contribution >= 0.6 is 0 Å². The van der Waals surface area contributed by atoms with E-state index >= 15 is 0 Å². The fourth-order valence-corrected chi connectivity index (χ4v) is 4.71. The van der Waals surface area contributed by atoms with Crippen LogP contribution < -0.4 is 10.2 Å². The van der Waals surface area contributed by atoms with Gasteiger partial charge in [-0.15, -0.1) is 0 Å². The Hall–Kier alpha value is -2.12. The molecule has 1 aromatic rings. The second kappa shape index (κ2) is 10.0. The molecule has 7 nitrogen and oxygen atoms in total. The lowest BCUT2D eigenvalue weighted by Gasteiger charge is -2.43. The number of hydrogen-bond acceptors (Lipinski definition) is 5. The summed E-state index contributed by atoms with van der Waals surface area (Å²) in [5, 5.41) is 2.92. The maximum Gasteiger partial charge on any atom is 0.251 e. The maximum absolute atomic E-state index is 12.8. The highest BCUT2D eigenvalue weighted by atomic mass is 16.2. The summed E-state index contributed by atoms with van der Waals surface area (Å²) >= 11 is 0. The van der Waals surface area contributed by atoms with Gasteiger partial charge in [-0.3, -0.25) is 19.4 Å². The predicted octanol–water partition coefficient (Wildman–Crippen LogP) is 1.64. The zero-order valence-corrected chi connectivity index (χ0v) is 19.1. The standard InChI is InChI=1S/C24H37N5O2/c1-19(2)25-24(31)20-6-8-22(9-7-20)27-12-10-26(11-13-27)18-23(30)29-16-14-28(15-17-29)21-4-3-5-21/h6-9,19,21H,3-5,10-18H2,1-2H3,(H,25,31). The number of carbonyl (C=O) groups is 2. The maximum atomic E-state index is 12.8. The summed E-state index contributed by atoms with van der Waals surface area (Å²) in [6.07, 6.45) is 4.05. The summed E-state index contributed by atoms with van der Waals surface area (Å²) in [4.78, 5) is 34.1. The number of anilines is 1. The van der Waals surface area contributed by atoms with Gasteiger partial charge in [-0.1, -0.05) is 6.42 Å². The Kier molecular flexibility index (Phi) is 7.13. The molecule has 0 aromatic heterocycles. The van der Waals surface area contributed by atoms with E-state index in [2.05, 4.69) is 24.9 Å². The summed E-state index contributed by atoms with van der Waals surface area (Å²) in [5.41, 5.74) is 1.83. The van der Waals surface area contributed by atoms with Crippen molar-refractivity contribution in [2.24, 2.45) is 0 Å². The first-order valence-electron chi connectivity index (χ1n) is 11.9. The minimum absolute atomic E-state index is 0.0293. The molecule has 170 valence electrons. The second-order valence-corrected chi connectivity index (χ2v) is 9.44. The van der Waals surface area contributed by atoms with Crippen molar-refractivity contribution >= 4 is 17.5 Å². The highest BCUT2D eigenvalue weighted by Crippen LogP contribution is 2.25. The van der Waals surface area contributed by atoms with Gasteiger partial charge < -0.3 is 15.1 Å². The Morgan fingerprint density at radius 1 is 0.935 bits per heavy atom. The number of nitrogens with zero attached hydrogens (tertiary/aromatic N) is 4. The van der Waals surface area contributed by atoms with Gasteiger partial charge in [0.05, 0.1) is 6.54 Å². The summed E-state index contributed by atoms with van der Waals surface area (Å²) in [7, 11) is 0. The van der Waals surface area contributed by atoms with Gasteiger partial charge in [0.1, 0.15) is 0 Å². The Labute approximate surface area is 186 Å². The monoisotopic (exact) mass is 427 g/mol. The predicted molar refractivity (Wildman–Crippen MR) is 123 cm³/mol. The van der Waals surface area contributed by atoms with E-state index < -0.39 is 0 Å². The van der Waals surface area contributed by atoms with Gasteiger partial charge in [0.15, 0.2) is 0 Å². The van der Waals surface area contributed by atoms with Crippen molar-refractivity contribution in [3.63, 3.8) is 0 Å². The molecule has 2 amide bonds. The van der Waals surface area contributed by atoms with Gasteiger partial charge in [-0.25, -0.2) is 0 Å². The molecule has 2 saturated heterocycles. The van der Waals surface area contributed by atoms with Gasteiger partial charge in [0.2, 0.25) is 5.91 Å². The van der Waals surface area contributed by atoms with Crippen molar-refractivity contribution in [3.05, 3.63) is 29.8 Å². The van der Waals surface area contributed by atoms with Gasteiger partial charge in [-0.2, -0.15) is 0 Å². The number of piperazine rings is 2. The van der Waals surface area contributed by atoms with Gasteiger partial charge in [-0.05, 0) is 51.0 Å². The normalized spacial score (nSPS) is 21.3. The number of nitrogens with one attached hydrogen (secondary N) is 1. The lowest BCUT2D eigenvalue weighted by molar-refractivity contribution is -0.134. The van der Waals surface area contributed by atoms with Crippen LogP contribution in [0.3, 0.4) is 0 Å². The van der Waals surface area contributed by atoms with E-state index in [4.69, 9.17) is 0 Å². The van der Waals surface area contributed by atoms with Crippen LogP contribution in [0.1, 0.15) is 43.5 Å². The average Bonchev–Trinajstić information content (AvgIpc) is 2.73. The summed E-state index contributed by atoms with van der Waals surface area (Å²) in [6, 6.07) is 8.76. The van der Waals surface area contributed by atoms with E-state index in [1.54, 1.807) is 0 Å². The first-order valence-corrected chi connectivity index (χ1v) is 11.9. The lowest BCUT2D eigenvalue weighted by Crippen LogP contribution is -2.56. The molecular weight excluding hydrogens is 390 g/mol. The molecule has 0 radical (unpaired) electrons. The zero-order valence-electron chi connectivity index (χ0n) is 19.1. The van der Waals surface area contributed by atoms with E-state index in [1.807, 2.05) is 38.1 Å². The average molecular weight is 428 g/mol. The zero-order chi connectivity index (χ0) is 21.8. The van der Waals surface area contributed by atoms with Crippen molar-refractivity contribution in [2.75, 3.05) is 63.8 Å². The van der Waals surface area contributed by atoms with E-state index in [9.17, 15) is 9.59 Å². The second-order valence-electron chi connectivity index (χ2n) is 9.44. The molecule has 7 heteroatoms. The molecule has 1 N–H and O–H groups in total. The van der Waals surface area contributed by atoms with Crippen molar-refractivity contribution in [3.8, 4) is 0 Å². The molecule has 0 unspecified atom stereocenters. The highest BCUT2D eigenvalue weighted by Gasteiger charge is 2.30. The molecule has 3 fully saturated rings. The van der Waals surface area contributed by atoms with Crippen molar-refractivity contribution in [1.29, 1.82) is 0 Å². The smallest absolute Gasteiger partial charge is 0.251 e. The molecule has 1 aliphatic carbocycles. The number of benzene rings is 1. The quantitative estimate of drug-likeness (QED) is 0.748. The SMILES string of the molecule is CC(C)NC(=O)c1ccc(N2CCN(CC(=O)N3CCN(C4CCC4)CC3)CC2)cc1. The molecule has 1 aromatic carbocycles. The number of carbonyl (C=O) groups excluding carboxylic acids is 2. The van der Waals surface area contributed by atoms with E-state index in [-0.39, 0.29) is 17.9 Å². The third-order valence-electron chi connectivity index (χ3n) is 6.90. The van der Waals surface area contributed by atoms with E-state index in [1.165, 1.54) is 19.3 Å². The van der Waals surface area contributed by atoms with Crippen LogP contribution in [0.4, 0.5) is 5.69 Å². The van der Waals surface area contributed by atoms with Crippen LogP contribution in [0.5, 0.6) is 0 Å². The molecule has 4 rings (SSSR count). The molecule has 31 heavy (non-hydrogen) atoms. The number of amides is 2. The Morgan fingerprint density at radius 2 is 1.58 bits per heavy atom. The topological polar surface area (TPSA) is 59.1 Å². The number of rotatable bonds is 6. The minimum Gasteiger partial charge on any atom is -0.369 e. The van der Waals surface area contributed by atoms with Crippen molar-refractivity contribution in [1.82, 2.24) is 20.0 Å². The first kappa shape index (κ1) is 22.1. The van der Waals surface area contributed by atoms with E-state index in [0.717, 1.165) is 64.1 Å². The third-order valence-corrected chi connectivity index (χ3v) is 6.90. The van der Waals surface area contributed by atoms with Gasteiger partial charge in [0.25, 0.3) is 5.91 Å².